The molecule has 0 radical (unpaired) electrons. The quantitative estimate of drug-likeness (QED) is 0.121. The van der Waals surface area contributed by atoms with Gasteiger partial charge < -0.3 is 49.7 Å². The smallest absolute Gasteiger partial charge is 0.418 e. The number of cyclic esters (lactones) is 2. The Hall–Kier alpha value is -4.00. The highest BCUT2D eigenvalue weighted by Crippen LogP contribution is 2.20. The molecule has 0 spiro atoms. The third-order valence-corrected chi connectivity index (χ3v) is 8.10. The second kappa shape index (κ2) is 18.7. The van der Waals surface area contributed by atoms with Gasteiger partial charge in [-0.15, -0.1) is 0 Å². The van der Waals surface area contributed by atoms with E-state index in [1.807, 2.05) is 37.2 Å². The van der Waals surface area contributed by atoms with Crippen LogP contribution in [0.3, 0.4) is 0 Å². The van der Waals surface area contributed by atoms with Crippen molar-refractivity contribution in [3.63, 3.8) is 0 Å². The van der Waals surface area contributed by atoms with E-state index < -0.39 is 36.8 Å². The first-order valence-electron chi connectivity index (χ1n) is 16.8. The van der Waals surface area contributed by atoms with Crippen molar-refractivity contribution in [2.24, 2.45) is 5.73 Å². The van der Waals surface area contributed by atoms with Gasteiger partial charge in [-0.3, -0.25) is 9.69 Å². The van der Waals surface area contributed by atoms with E-state index in [9.17, 15) is 24.2 Å². The van der Waals surface area contributed by atoms with Crippen molar-refractivity contribution in [3.8, 4) is 0 Å². The van der Waals surface area contributed by atoms with Gasteiger partial charge in [-0.25, -0.2) is 24.4 Å². The average molecular weight is 689 g/mol. The molecule has 3 amide bonds. The first kappa shape index (κ1) is 39.4. The number of nitrogens with zero attached hydrogens (tertiary/aromatic N) is 7. The summed E-state index contributed by atoms with van der Waals surface area (Å²) in [6, 6.07) is -0.943. The highest BCUT2D eigenvalue weighted by atomic mass is 16.6. The van der Waals surface area contributed by atoms with Crippen LogP contribution in [0.2, 0.25) is 6.82 Å². The van der Waals surface area contributed by atoms with Crippen molar-refractivity contribution < 1.29 is 33.7 Å². The maximum absolute atomic E-state index is 12.1. The summed E-state index contributed by atoms with van der Waals surface area (Å²) in [5.74, 6) is 1.45. The highest BCUT2D eigenvalue weighted by molar-refractivity contribution is 6.45. The van der Waals surface area contributed by atoms with E-state index in [0.717, 1.165) is 57.2 Å². The summed E-state index contributed by atoms with van der Waals surface area (Å²) in [5.41, 5.74) is 4.78. The molecule has 3 fully saturated rings. The minimum Gasteiger partial charge on any atom is -0.444 e. The predicted octanol–water partition coefficient (Wildman–Crippen LogP) is 0.207. The Morgan fingerprint density at radius 1 is 1.06 bits per heavy atom. The number of amides is 3. The molecule has 3 saturated heterocycles. The maximum atomic E-state index is 12.1. The number of aryl methyl sites for hydroxylation is 4. The summed E-state index contributed by atoms with van der Waals surface area (Å²) in [4.78, 5) is 59.5. The third kappa shape index (κ3) is 12.4. The van der Waals surface area contributed by atoms with Gasteiger partial charge in [-0.2, -0.15) is 0 Å². The number of rotatable bonds is 9. The summed E-state index contributed by atoms with van der Waals surface area (Å²) < 4.78 is 13.9. The Morgan fingerprint density at radius 3 is 2.24 bits per heavy atom. The molecule has 272 valence electrons. The molecule has 2 atom stereocenters. The Morgan fingerprint density at radius 2 is 1.69 bits per heavy atom. The van der Waals surface area contributed by atoms with Crippen LogP contribution in [0.5, 0.6) is 0 Å². The van der Waals surface area contributed by atoms with Gasteiger partial charge in [0.25, 0.3) is 0 Å². The molecule has 0 bridgehead atoms. The minimum atomic E-state index is -0.696. The molecule has 5 heterocycles. The summed E-state index contributed by atoms with van der Waals surface area (Å²) in [6.07, 6.45) is 8.30. The lowest BCUT2D eigenvalue weighted by molar-refractivity contribution is -0.136. The number of aromatic nitrogens is 4. The van der Waals surface area contributed by atoms with Crippen LogP contribution in [0.15, 0.2) is 24.8 Å². The molecule has 0 aliphatic carbocycles. The van der Waals surface area contributed by atoms with Gasteiger partial charge >= 0.3 is 25.2 Å². The van der Waals surface area contributed by atoms with Crippen molar-refractivity contribution in [1.82, 2.24) is 44.3 Å². The van der Waals surface area contributed by atoms with Crippen LogP contribution >= 0.6 is 0 Å². The first-order valence-corrected chi connectivity index (χ1v) is 16.8. The normalized spacial score (nSPS) is 19.2. The van der Waals surface area contributed by atoms with E-state index in [-0.39, 0.29) is 25.0 Å². The molecule has 0 unspecified atom stereocenters. The van der Waals surface area contributed by atoms with Crippen LogP contribution in [0.1, 0.15) is 45.3 Å². The topological polar surface area (TPSA) is 202 Å². The summed E-state index contributed by atoms with van der Waals surface area (Å²) in [6.45, 7) is 17.0. The lowest BCUT2D eigenvalue weighted by Crippen LogP contribution is -2.59. The fourth-order valence-corrected chi connectivity index (χ4v) is 5.32. The van der Waals surface area contributed by atoms with Crippen molar-refractivity contribution >= 4 is 31.1 Å². The van der Waals surface area contributed by atoms with Crippen LogP contribution in [-0.4, -0.2) is 140 Å². The standard InChI is InChI=1S/C13H24BN5O2.C11H16N2O5.C7H13N3/c1-11-15-5-8-18(11)7-3-4-17-13(20)12-10-19(14(2)21)9-6-16-12;1-11(2,3)18-9(15)12-4-5-13-7(6-12)8(14)17-10(13)16;1-7-9-4-6-10(7)5-2-3-8/h5,8,12,16,21H,3-4,6-7,9-10H2,1-2H3,(H,17,20);7H,4-6H2,1-3H3;4,6H,2-3,5,8H2,1H3/t12-;7-;/m11./s1. The second-order valence-electron chi connectivity index (χ2n) is 13.1. The van der Waals surface area contributed by atoms with Gasteiger partial charge in [-0.05, 0) is 60.8 Å². The summed E-state index contributed by atoms with van der Waals surface area (Å²) >= 11 is 0. The molecule has 5 N–H and O–H groups in total. The van der Waals surface area contributed by atoms with Gasteiger partial charge in [0.2, 0.25) is 5.91 Å². The number of fused-ring (bicyclic) bond motifs is 1. The molecule has 0 saturated carbocycles. The van der Waals surface area contributed by atoms with Crippen LogP contribution in [-0.2, 0) is 32.2 Å². The zero-order valence-electron chi connectivity index (χ0n) is 29.6. The van der Waals surface area contributed by atoms with Crippen LogP contribution in [0, 0.1) is 13.8 Å². The number of piperazine rings is 2. The van der Waals surface area contributed by atoms with E-state index in [1.54, 1.807) is 33.8 Å². The number of hydrogen-bond donors (Lipinski definition) is 4. The van der Waals surface area contributed by atoms with Crippen molar-refractivity contribution in [2.75, 3.05) is 52.4 Å². The molecular weight excluding hydrogens is 635 g/mol. The zero-order chi connectivity index (χ0) is 36.1. The third-order valence-electron chi connectivity index (χ3n) is 8.10. The largest absolute Gasteiger partial charge is 0.444 e. The number of carbonyl (C=O) groups is 4. The fourth-order valence-electron chi connectivity index (χ4n) is 5.32. The van der Waals surface area contributed by atoms with Gasteiger partial charge in [0, 0.05) is 77.1 Å². The number of nitrogens with one attached hydrogen (secondary N) is 2. The number of esters is 1. The molecule has 2 aromatic rings. The van der Waals surface area contributed by atoms with Crippen molar-refractivity contribution in [1.29, 1.82) is 0 Å². The van der Waals surface area contributed by atoms with E-state index in [4.69, 9.17) is 10.5 Å². The zero-order valence-corrected chi connectivity index (χ0v) is 29.6. The van der Waals surface area contributed by atoms with E-state index in [2.05, 4.69) is 34.5 Å². The monoisotopic (exact) mass is 688 g/mol. The number of imidazole rings is 2. The van der Waals surface area contributed by atoms with Crippen LogP contribution in [0.4, 0.5) is 9.59 Å². The second-order valence-corrected chi connectivity index (χ2v) is 13.1. The maximum Gasteiger partial charge on any atom is 0.418 e. The number of hydrogen-bond acceptors (Lipinski definition) is 12. The molecule has 18 heteroatoms. The van der Waals surface area contributed by atoms with Gasteiger partial charge in [0.05, 0.1) is 12.6 Å². The molecule has 3 aliphatic heterocycles. The van der Waals surface area contributed by atoms with E-state index in [0.29, 0.717) is 19.6 Å². The summed E-state index contributed by atoms with van der Waals surface area (Å²) in [5, 5.41) is 15.7. The highest BCUT2D eigenvalue weighted by Gasteiger charge is 2.46. The van der Waals surface area contributed by atoms with Crippen molar-refractivity contribution in [3.05, 3.63) is 36.4 Å². The van der Waals surface area contributed by atoms with Crippen molar-refractivity contribution in [2.45, 2.75) is 85.1 Å². The fraction of sp³-hybridized carbons (Fsp3) is 0.677. The van der Waals surface area contributed by atoms with Crippen LogP contribution < -0.4 is 16.4 Å². The summed E-state index contributed by atoms with van der Waals surface area (Å²) in [7, 11) is -0.508. The minimum absolute atomic E-state index is 0.00250. The van der Waals surface area contributed by atoms with E-state index in [1.165, 1.54) is 9.80 Å². The molecule has 5 rings (SSSR count). The van der Waals surface area contributed by atoms with Crippen LogP contribution in [0.25, 0.3) is 0 Å². The van der Waals surface area contributed by atoms with Gasteiger partial charge in [0.15, 0.2) is 6.04 Å². The Bertz CT molecular complexity index is 1380. The molecule has 2 aromatic heterocycles. The molecule has 17 nitrogen and oxygen atoms in total. The SMILES string of the molecule is CB(O)N1CCN[C@@H](C(=O)NCCCn2ccnc2C)C1.CC(C)(C)OC(=O)N1CCN2C(=O)OC(=O)[C@H]2C1.Cc1nccn1CCCN. The Kier molecular flexibility index (Phi) is 15.0. The molecule has 3 aliphatic rings. The van der Waals surface area contributed by atoms with Gasteiger partial charge in [0.1, 0.15) is 17.2 Å². The number of carbonyl (C=O) groups excluding carboxylic acids is 4. The Labute approximate surface area is 288 Å². The lowest BCUT2D eigenvalue weighted by atomic mass is 9.83. The average Bonchev–Trinajstić information content (AvgIpc) is 3.75. The van der Waals surface area contributed by atoms with E-state index >= 15 is 0 Å². The molecule has 0 aromatic carbocycles. The lowest BCUT2D eigenvalue weighted by Gasteiger charge is -2.35. The first-order chi connectivity index (χ1) is 23.2. The molecular formula is C31H53BN10O7. The molecule has 49 heavy (non-hydrogen) atoms. The van der Waals surface area contributed by atoms with Gasteiger partial charge in [-0.1, -0.05) is 0 Å². The Balaban J connectivity index is 0.000000211. The number of nitrogens with two attached hydrogens (primary N) is 1. The predicted molar refractivity (Wildman–Crippen MR) is 182 cm³/mol. The number of ether oxygens (including phenoxy) is 2.